The normalized spacial score (nSPS) is 10.6. The Hall–Kier alpha value is -4.04. The zero-order valence-corrected chi connectivity index (χ0v) is 20.4. The third kappa shape index (κ3) is 7.48. The molecule has 35 heavy (non-hydrogen) atoms. The number of benzene rings is 3. The maximum atomic E-state index is 12.4. The number of hydrogen-bond donors (Lipinski definition) is 2. The van der Waals surface area contributed by atoms with Crippen molar-refractivity contribution in [2.75, 3.05) is 25.6 Å². The summed E-state index contributed by atoms with van der Waals surface area (Å²) in [6.45, 7) is 4.13. The van der Waals surface area contributed by atoms with Crippen LogP contribution < -0.4 is 25.0 Å². The zero-order chi connectivity index (χ0) is 25.2. The molecule has 0 saturated heterocycles. The van der Waals surface area contributed by atoms with Crippen LogP contribution in [0.15, 0.2) is 65.8 Å². The Labute approximate surface area is 208 Å². The first kappa shape index (κ1) is 25.6. The van der Waals surface area contributed by atoms with Crippen molar-refractivity contribution in [1.29, 1.82) is 0 Å². The van der Waals surface area contributed by atoms with Crippen LogP contribution in [0.4, 0.5) is 5.69 Å². The second-order valence-electron chi connectivity index (χ2n) is 7.39. The standard InChI is InChI=1S/C26H26ClN3O5/c1-4-34-23-12-8-19(14-24(23)33-3)26(32)30-28-15-18-7-11-22(21(27)13-18)35-16-25(31)29-20-9-5-17(2)6-10-20/h5-15H,4,16H2,1-3H3,(H,29,31)(H,30,32)/b28-15+. The molecule has 0 aliphatic carbocycles. The summed E-state index contributed by atoms with van der Waals surface area (Å²) < 4.78 is 16.2. The number of nitrogens with zero attached hydrogens (tertiary/aromatic N) is 1. The largest absolute Gasteiger partial charge is 0.493 e. The van der Waals surface area contributed by atoms with Crippen LogP contribution in [0.1, 0.15) is 28.4 Å². The maximum Gasteiger partial charge on any atom is 0.271 e. The van der Waals surface area contributed by atoms with Crippen LogP contribution in [0, 0.1) is 6.92 Å². The van der Waals surface area contributed by atoms with E-state index >= 15 is 0 Å². The van der Waals surface area contributed by atoms with E-state index in [1.807, 2.05) is 38.1 Å². The molecule has 3 rings (SSSR count). The van der Waals surface area contributed by atoms with Gasteiger partial charge in [-0.05, 0) is 67.9 Å². The van der Waals surface area contributed by atoms with Crippen LogP contribution >= 0.6 is 11.6 Å². The minimum atomic E-state index is -0.409. The third-order valence-electron chi connectivity index (χ3n) is 4.76. The Morgan fingerprint density at radius 2 is 1.71 bits per heavy atom. The summed E-state index contributed by atoms with van der Waals surface area (Å²) in [4.78, 5) is 24.5. The van der Waals surface area contributed by atoms with Gasteiger partial charge in [-0.15, -0.1) is 0 Å². The van der Waals surface area contributed by atoms with Gasteiger partial charge in [-0.25, -0.2) is 5.43 Å². The summed E-state index contributed by atoms with van der Waals surface area (Å²) in [5.74, 6) is 0.656. The molecule has 3 aromatic carbocycles. The van der Waals surface area contributed by atoms with Crippen molar-refractivity contribution in [1.82, 2.24) is 5.43 Å². The number of ether oxygens (including phenoxy) is 3. The van der Waals surface area contributed by atoms with Crippen molar-refractivity contribution in [3.8, 4) is 17.2 Å². The fraction of sp³-hybridized carbons (Fsp3) is 0.192. The van der Waals surface area contributed by atoms with Crippen LogP contribution in [0.5, 0.6) is 17.2 Å². The first-order chi connectivity index (χ1) is 16.9. The Balaban J connectivity index is 1.53. The number of nitrogens with one attached hydrogen (secondary N) is 2. The van der Waals surface area contributed by atoms with Gasteiger partial charge in [0.15, 0.2) is 18.1 Å². The predicted molar refractivity (Wildman–Crippen MR) is 136 cm³/mol. The third-order valence-corrected chi connectivity index (χ3v) is 5.05. The molecule has 0 atom stereocenters. The van der Waals surface area contributed by atoms with Gasteiger partial charge in [0, 0.05) is 11.3 Å². The van der Waals surface area contributed by atoms with E-state index < -0.39 is 5.91 Å². The van der Waals surface area contributed by atoms with Gasteiger partial charge in [0.25, 0.3) is 11.8 Å². The average molecular weight is 496 g/mol. The highest BCUT2D eigenvalue weighted by Crippen LogP contribution is 2.28. The van der Waals surface area contributed by atoms with Crippen molar-refractivity contribution in [3.05, 3.63) is 82.4 Å². The van der Waals surface area contributed by atoms with E-state index in [0.29, 0.717) is 45.7 Å². The first-order valence-corrected chi connectivity index (χ1v) is 11.2. The highest BCUT2D eigenvalue weighted by Gasteiger charge is 2.11. The fourth-order valence-corrected chi connectivity index (χ4v) is 3.25. The summed E-state index contributed by atoms with van der Waals surface area (Å²) in [5, 5.41) is 7.03. The summed E-state index contributed by atoms with van der Waals surface area (Å²) in [7, 11) is 1.51. The van der Waals surface area contributed by atoms with Crippen LogP contribution in [-0.4, -0.2) is 38.4 Å². The number of hydrogen-bond acceptors (Lipinski definition) is 6. The Morgan fingerprint density at radius 1 is 0.971 bits per heavy atom. The highest BCUT2D eigenvalue weighted by molar-refractivity contribution is 6.32. The lowest BCUT2D eigenvalue weighted by molar-refractivity contribution is -0.118. The van der Waals surface area contributed by atoms with Gasteiger partial charge in [-0.3, -0.25) is 9.59 Å². The molecule has 0 aliphatic heterocycles. The number of amides is 2. The number of carbonyl (C=O) groups is 2. The van der Waals surface area contributed by atoms with Crippen molar-refractivity contribution >= 4 is 35.3 Å². The van der Waals surface area contributed by atoms with E-state index in [1.54, 1.807) is 36.4 Å². The zero-order valence-electron chi connectivity index (χ0n) is 19.6. The van der Waals surface area contributed by atoms with Crippen molar-refractivity contribution in [2.45, 2.75) is 13.8 Å². The minimum absolute atomic E-state index is 0.192. The number of carbonyl (C=O) groups excluding carboxylic acids is 2. The van der Waals surface area contributed by atoms with Gasteiger partial charge in [-0.1, -0.05) is 29.3 Å². The number of halogens is 1. The van der Waals surface area contributed by atoms with Gasteiger partial charge in [0.1, 0.15) is 5.75 Å². The molecule has 0 saturated carbocycles. The van der Waals surface area contributed by atoms with Crippen LogP contribution in [0.2, 0.25) is 5.02 Å². The number of aryl methyl sites for hydroxylation is 1. The van der Waals surface area contributed by atoms with E-state index in [-0.39, 0.29) is 12.5 Å². The number of anilines is 1. The van der Waals surface area contributed by atoms with Gasteiger partial charge in [0.2, 0.25) is 0 Å². The molecule has 3 aromatic rings. The molecule has 0 heterocycles. The van der Waals surface area contributed by atoms with Crippen molar-refractivity contribution in [3.63, 3.8) is 0 Å². The molecule has 182 valence electrons. The lowest BCUT2D eigenvalue weighted by Crippen LogP contribution is -2.20. The van der Waals surface area contributed by atoms with Crippen molar-refractivity contribution < 1.29 is 23.8 Å². The average Bonchev–Trinajstić information content (AvgIpc) is 2.85. The molecule has 0 fully saturated rings. The summed E-state index contributed by atoms with van der Waals surface area (Å²) in [5.41, 5.74) is 5.25. The molecule has 8 nitrogen and oxygen atoms in total. The molecule has 0 aliphatic rings. The molecule has 0 bridgehead atoms. The van der Waals surface area contributed by atoms with Gasteiger partial charge in [-0.2, -0.15) is 5.10 Å². The van der Waals surface area contributed by atoms with Gasteiger partial charge >= 0.3 is 0 Å². The molecular weight excluding hydrogens is 470 g/mol. The predicted octanol–water partition coefficient (Wildman–Crippen LogP) is 4.84. The molecular formula is C26H26ClN3O5. The van der Waals surface area contributed by atoms with E-state index in [9.17, 15) is 9.59 Å². The second kappa shape index (κ2) is 12.4. The molecule has 0 radical (unpaired) electrons. The number of hydrazone groups is 1. The van der Waals surface area contributed by atoms with E-state index in [0.717, 1.165) is 5.56 Å². The Morgan fingerprint density at radius 3 is 2.40 bits per heavy atom. The molecule has 9 heteroatoms. The number of rotatable bonds is 10. The lowest BCUT2D eigenvalue weighted by Gasteiger charge is -2.10. The summed E-state index contributed by atoms with van der Waals surface area (Å²) in [6.07, 6.45) is 1.45. The smallest absolute Gasteiger partial charge is 0.271 e. The number of methoxy groups -OCH3 is 1. The minimum Gasteiger partial charge on any atom is -0.493 e. The summed E-state index contributed by atoms with van der Waals surface area (Å²) >= 11 is 6.27. The molecule has 0 unspecified atom stereocenters. The fourth-order valence-electron chi connectivity index (χ4n) is 3.01. The highest BCUT2D eigenvalue weighted by atomic mass is 35.5. The van der Waals surface area contributed by atoms with Crippen LogP contribution in [-0.2, 0) is 4.79 Å². The molecule has 0 aromatic heterocycles. The van der Waals surface area contributed by atoms with Crippen molar-refractivity contribution in [2.24, 2.45) is 5.10 Å². The molecule has 0 spiro atoms. The van der Waals surface area contributed by atoms with Crippen LogP contribution in [0.3, 0.4) is 0 Å². The van der Waals surface area contributed by atoms with Crippen LogP contribution in [0.25, 0.3) is 0 Å². The van der Waals surface area contributed by atoms with E-state index in [2.05, 4.69) is 15.8 Å². The van der Waals surface area contributed by atoms with E-state index in [4.69, 9.17) is 25.8 Å². The lowest BCUT2D eigenvalue weighted by atomic mass is 10.2. The first-order valence-electron chi connectivity index (χ1n) is 10.8. The monoisotopic (exact) mass is 495 g/mol. The van der Waals surface area contributed by atoms with Gasteiger partial charge < -0.3 is 19.5 Å². The molecule has 2 amide bonds. The molecule has 2 N–H and O–H groups in total. The Kier molecular flexibility index (Phi) is 9.09. The van der Waals surface area contributed by atoms with Gasteiger partial charge in [0.05, 0.1) is 25.0 Å². The quantitative estimate of drug-likeness (QED) is 0.310. The Bertz CT molecular complexity index is 1210. The topological polar surface area (TPSA) is 98.3 Å². The summed E-state index contributed by atoms with van der Waals surface area (Å²) in [6, 6.07) is 17.3. The van der Waals surface area contributed by atoms with E-state index in [1.165, 1.54) is 13.3 Å². The maximum absolute atomic E-state index is 12.4. The SMILES string of the molecule is CCOc1ccc(C(=O)N/N=C/c2ccc(OCC(=O)Nc3ccc(C)cc3)c(Cl)c2)cc1OC. The second-order valence-corrected chi connectivity index (χ2v) is 7.80.